The SMILES string of the molecule is Nc1ncc(Br)c(CC2CC2)n1. The number of halogens is 1. The molecule has 2 rings (SSSR count). The second-order valence-electron chi connectivity index (χ2n) is 3.17. The fourth-order valence-electron chi connectivity index (χ4n) is 1.16. The number of nitrogen functional groups attached to an aromatic ring is 1. The van der Waals surface area contributed by atoms with Gasteiger partial charge in [0.1, 0.15) is 0 Å². The number of nitrogens with zero attached hydrogens (tertiary/aromatic N) is 2. The van der Waals surface area contributed by atoms with Gasteiger partial charge in [0.15, 0.2) is 0 Å². The van der Waals surface area contributed by atoms with Gasteiger partial charge in [0.25, 0.3) is 0 Å². The molecule has 3 nitrogen and oxygen atoms in total. The summed E-state index contributed by atoms with van der Waals surface area (Å²) < 4.78 is 0.976. The maximum atomic E-state index is 5.48. The molecule has 0 radical (unpaired) electrons. The average Bonchev–Trinajstić information content (AvgIpc) is 2.81. The monoisotopic (exact) mass is 227 g/mol. The lowest BCUT2D eigenvalue weighted by Gasteiger charge is -2.01. The topological polar surface area (TPSA) is 51.8 Å². The zero-order valence-electron chi connectivity index (χ0n) is 6.63. The molecule has 1 saturated carbocycles. The predicted molar refractivity (Wildman–Crippen MR) is 50.6 cm³/mol. The minimum Gasteiger partial charge on any atom is -0.368 e. The molecule has 1 aliphatic carbocycles. The maximum Gasteiger partial charge on any atom is 0.220 e. The largest absolute Gasteiger partial charge is 0.368 e. The van der Waals surface area contributed by atoms with E-state index in [1.165, 1.54) is 12.8 Å². The van der Waals surface area contributed by atoms with Crippen LogP contribution in [0.2, 0.25) is 0 Å². The molecule has 0 amide bonds. The van der Waals surface area contributed by atoms with Gasteiger partial charge in [-0.05, 0) is 41.1 Å². The highest BCUT2D eigenvalue weighted by molar-refractivity contribution is 9.10. The number of anilines is 1. The van der Waals surface area contributed by atoms with Crippen LogP contribution in [0.3, 0.4) is 0 Å². The smallest absolute Gasteiger partial charge is 0.220 e. The number of hydrogen-bond donors (Lipinski definition) is 1. The second-order valence-corrected chi connectivity index (χ2v) is 4.02. The maximum absolute atomic E-state index is 5.48. The van der Waals surface area contributed by atoms with Crippen LogP contribution in [0.25, 0.3) is 0 Å². The van der Waals surface area contributed by atoms with Crippen LogP contribution in [0.4, 0.5) is 5.95 Å². The first-order valence-corrected chi connectivity index (χ1v) is 4.82. The van der Waals surface area contributed by atoms with Gasteiger partial charge in [0.2, 0.25) is 5.95 Å². The van der Waals surface area contributed by atoms with Crippen LogP contribution >= 0.6 is 15.9 Å². The molecule has 1 aromatic heterocycles. The van der Waals surface area contributed by atoms with Gasteiger partial charge in [0, 0.05) is 6.20 Å². The molecule has 1 heterocycles. The quantitative estimate of drug-likeness (QED) is 0.839. The lowest BCUT2D eigenvalue weighted by Crippen LogP contribution is -2.00. The van der Waals surface area contributed by atoms with E-state index >= 15 is 0 Å². The Hall–Kier alpha value is -0.640. The van der Waals surface area contributed by atoms with Crippen molar-refractivity contribution in [3.8, 4) is 0 Å². The summed E-state index contributed by atoms with van der Waals surface area (Å²) in [6.07, 6.45) is 5.42. The highest BCUT2D eigenvalue weighted by Gasteiger charge is 2.23. The van der Waals surface area contributed by atoms with Crippen molar-refractivity contribution in [1.29, 1.82) is 0 Å². The summed E-state index contributed by atoms with van der Waals surface area (Å²) in [6.45, 7) is 0. The molecule has 1 aromatic rings. The van der Waals surface area contributed by atoms with Crippen LogP contribution in [0.5, 0.6) is 0 Å². The van der Waals surface area contributed by atoms with Crippen LogP contribution in [0, 0.1) is 5.92 Å². The second kappa shape index (κ2) is 3.01. The lowest BCUT2D eigenvalue weighted by molar-refractivity contribution is 0.796. The summed E-state index contributed by atoms with van der Waals surface area (Å²) in [7, 11) is 0. The van der Waals surface area contributed by atoms with Crippen LogP contribution < -0.4 is 5.73 Å². The van der Waals surface area contributed by atoms with Crippen LogP contribution in [-0.2, 0) is 6.42 Å². The van der Waals surface area contributed by atoms with Gasteiger partial charge in [0.05, 0.1) is 10.2 Å². The van der Waals surface area contributed by atoms with Crippen molar-refractivity contribution in [2.75, 3.05) is 5.73 Å². The number of hydrogen-bond acceptors (Lipinski definition) is 3. The van der Waals surface area contributed by atoms with Gasteiger partial charge in [-0.2, -0.15) is 0 Å². The Morgan fingerprint density at radius 3 is 3.00 bits per heavy atom. The molecule has 0 bridgehead atoms. The molecule has 0 unspecified atom stereocenters. The van der Waals surface area contributed by atoms with Gasteiger partial charge >= 0.3 is 0 Å². The molecule has 4 heteroatoms. The minimum atomic E-state index is 0.369. The summed E-state index contributed by atoms with van der Waals surface area (Å²) in [5, 5.41) is 0. The molecular formula is C8H10BrN3. The third kappa shape index (κ3) is 1.75. The standard InChI is InChI=1S/C8H10BrN3/c9-6-4-11-8(10)12-7(6)3-5-1-2-5/h4-5H,1-3H2,(H2,10,11,12). The van der Waals surface area contributed by atoms with Crippen molar-refractivity contribution >= 4 is 21.9 Å². The Balaban J connectivity index is 2.21. The van der Waals surface area contributed by atoms with Gasteiger partial charge in [-0.1, -0.05) is 0 Å². The van der Waals surface area contributed by atoms with Gasteiger partial charge in [-0.3, -0.25) is 0 Å². The van der Waals surface area contributed by atoms with Crippen LogP contribution in [-0.4, -0.2) is 9.97 Å². The van der Waals surface area contributed by atoms with E-state index < -0.39 is 0 Å². The first-order chi connectivity index (χ1) is 5.75. The number of rotatable bonds is 2. The Labute approximate surface area is 79.5 Å². The molecule has 0 atom stereocenters. The molecule has 0 aromatic carbocycles. The fraction of sp³-hybridized carbons (Fsp3) is 0.500. The fourth-order valence-corrected chi connectivity index (χ4v) is 1.51. The summed E-state index contributed by atoms with van der Waals surface area (Å²) >= 11 is 3.41. The van der Waals surface area contributed by atoms with Gasteiger partial charge in [-0.15, -0.1) is 0 Å². The zero-order valence-corrected chi connectivity index (χ0v) is 8.21. The van der Waals surface area contributed by atoms with E-state index in [-0.39, 0.29) is 0 Å². The average molecular weight is 228 g/mol. The Bertz CT molecular complexity index is 296. The van der Waals surface area contributed by atoms with E-state index in [2.05, 4.69) is 25.9 Å². The summed E-state index contributed by atoms with van der Waals surface area (Å²) in [5.74, 6) is 1.20. The number of aromatic nitrogens is 2. The summed E-state index contributed by atoms with van der Waals surface area (Å²) in [5.41, 5.74) is 6.53. The molecule has 1 fully saturated rings. The Kier molecular flexibility index (Phi) is 2.00. The van der Waals surface area contributed by atoms with E-state index in [0.717, 1.165) is 22.5 Å². The molecule has 1 aliphatic rings. The minimum absolute atomic E-state index is 0.369. The highest BCUT2D eigenvalue weighted by atomic mass is 79.9. The van der Waals surface area contributed by atoms with E-state index in [9.17, 15) is 0 Å². The van der Waals surface area contributed by atoms with E-state index in [4.69, 9.17) is 5.73 Å². The van der Waals surface area contributed by atoms with E-state index in [1.54, 1.807) is 6.20 Å². The Morgan fingerprint density at radius 2 is 2.33 bits per heavy atom. The molecule has 2 N–H and O–H groups in total. The summed E-state index contributed by atoms with van der Waals surface area (Å²) in [6, 6.07) is 0. The number of nitrogens with two attached hydrogens (primary N) is 1. The van der Waals surface area contributed by atoms with Gasteiger partial charge < -0.3 is 5.73 Å². The molecular weight excluding hydrogens is 218 g/mol. The van der Waals surface area contributed by atoms with Crippen molar-refractivity contribution in [2.45, 2.75) is 19.3 Å². The molecule has 0 spiro atoms. The van der Waals surface area contributed by atoms with E-state index in [1.807, 2.05) is 0 Å². The Morgan fingerprint density at radius 1 is 1.58 bits per heavy atom. The zero-order chi connectivity index (χ0) is 8.55. The molecule has 12 heavy (non-hydrogen) atoms. The molecule has 0 saturated heterocycles. The van der Waals surface area contributed by atoms with Crippen molar-refractivity contribution in [3.05, 3.63) is 16.4 Å². The van der Waals surface area contributed by atoms with Crippen LogP contribution in [0.15, 0.2) is 10.7 Å². The van der Waals surface area contributed by atoms with Crippen molar-refractivity contribution < 1.29 is 0 Å². The lowest BCUT2D eigenvalue weighted by atomic mass is 10.2. The highest BCUT2D eigenvalue weighted by Crippen LogP contribution is 2.33. The van der Waals surface area contributed by atoms with E-state index in [0.29, 0.717) is 5.95 Å². The first kappa shape index (κ1) is 7.98. The predicted octanol–water partition coefficient (Wildman–Crippen LogP) is 1.77. The third-order valence-corrected chi connectivity index (χ3v) is 2.68. The van der Waals surface area contributed by atoms with Crippen LogP contribution in [0.1, 0.15) is 18.5 Å². The van der Waals surface area contributed by atoms with Crippen molar-refractivity contribution in [3.63, 3.8) is 0 Å². The molecule has 64 valence electrons. The van der Waals surface area contributed by atoms with Crippen molar-refractivity contribution in [2.24, 2.45) is 5.92 Å². The molecule has 0 aliphatic heterocycles. The van der Waals surface area contributed by atoms with Crippen molar-refractivity contribution in [1.82, 2.24) is 9.97 Å². The first-order valence-electron chi connectivity index (χ1n) is 4.02. The normalized spacial score (nSPS) is 16.4. The summed E-state index contributed by atoms with van der Waals surface area (Å²) in [4.78, 5) is 8.06. The third-order valence-electron chi connectivity index (χ3n) is 2.01. The van der Waals surface area contributed by atoms with Gasteiger partial charge in [-0.25, -0.2) is 9.97 Å².